The summed E-state index contributed by atoms with van der Waals surface area (Å²) in [5, 5.41) is 3.45. The van der Waals surface area contributed by atoms with Gasteiger partial charge in [-0.3, -0.25) is 9.59 Å². The van der Waals surface area contributed by atoms with Gasteiger partial charge < -0.3 is 29.2 Å². The second-order valence-electron chi connectivity index (χ2n) is 8.61. The van der Waals surface area contributed by atoms with Gasteiger partial charge in [0.25, 0.3) is 0 Å². The van der Waals surface area contributed by atoms with Gasteiger partial charge in [-0.1, -0.05) is 6.07 Å². The number of rotatable bonds is 5. The van der Waals surface area contributed by atoms with Gasteiger partial charge in [0.1, 0.15) is 13.2 Å². The van der Waals surface area contributed by atoms with Gasteiger partial charge in [-0.25, -0.2) is 4.98 Å². The maximum atomic E-state index is 13.0. The van der Waals surface area contributed by atoms with Crippen molar-refractivity contribution in [1.29, 1.82) is 0 Å². The fraction of sp³-hybridized carbons (Fsp3) is 0.320. The van der Waals surface area contributed by atoms with Crippen LogP contribution in [0.4, 0.5) is 10.8 Å². The molecule has 3 aromatic rings. The molecule has 0 spiro atoms. The Kier molecular flexibility index (Phi) is 5.44. The fourth-order valence-corrected chi connectivity index (χ4v) is 5.42. The standard InChI is InChI=1S/C25H23N3O6S/c1-14-22(9-15-2-4-19-20(8-15)34-13-33-19)35-25(26-14)27-24(30)16-10-23(29)28(12-16)17-3-5-18-21(11-17)32-7-6-31-18/h2-5,8,11,16H,6-7,9-10,12-13H2,1H3,(H,26,27,30). The summed E-state index contributed by atoms with van der Waals surface area (Å²) in [6.45, 7) is 3.45. The average molecular weight is 494 g/mol. The number of ether oxygens (including phenoxy) is 4. The van der Waals surface area contributed by atoms with E-state index >= 15 is 0 Å². The van der Waals surface area contributed by atoms with Gasteiger partial charge in [0.15, 0.2) is 28.1 Å². The normalized spacial score (nSPS) is 18.1. The van der Waals surface area contributed by atoms with Crippen LogP contribution in [0.3, 0.4) is 0 Å². The van der Waals surface area contributed by atoms with Crippen molar-refractivity contribution in [3.05, 3.63) is 52.5 Å². The van der Waals surface area contributed by atoms with Crippen LogP contribution in [0.2, 0.25) is 0 Å². The molecule has 0 radical (unpaired) electrons. The Labute approximate surface area is 205 Å². The number of hydrogen-bond acceptors (Lipinski definition) is 8. The first-order chi connectivity index (χ1) is 17.0. The first-order valence-electron chi connectivity index (χ1n) is 11.4. The molecule has 0 aliphatic carbocycles. The van der Waals surface area contributed by atoms with Gasteiger partial charge in [-0.05, 0) is 36.8 Å². The van der Waals surface area contributed by atoms with Gasteiger partial charge in [0, 0.05) is 36.0 Å². The van der Waals surface area contributed by atoms with Crippen molar-refractivity contribution in [3.8, 4) is 23.0 Å². The Morgan fingerprint density at radius 1 is 1.06 bits per heavy atom. The summed E-state index contributed by atoms with van der Waals surface area (Å²) in [6, 6.07) is 11.3. The first kappa shape index (κ1) is 21.7. The molecule has 2 amide bonds. The highest BCUT2D eigenvalue weighted by atomic mass is 32.1. The summed E-state index contributed by atoms with van der Waals surface area (Å²) >= 11 is 1.44. The zero-order chi connectivity index (χ0) is 23.9. The number of carbonyl (C=O) groups is 2. The average Bonchev–Trinajstić information content (AvgIpc) is 3.57. The minimum atomic E-state index is -0.461. The van der Waals surface area contributed by atoms with Crippen LogP contribution in [0.1, 0.15) is 22.6 Å². The third kappa shape index (κ3) is 4.25. The van der Waals surface area contributed by atoms with E-state index in [0.29, 0.717) is 48.5 Å². The molecule has 1 atom stereocenters. The van der Waals surface area contributed by atoms with Crippen molar-refractivity contribution in [2.45, 2.75) is 19.8 Å². The van der Waals surface area contributed by atoms with Crippen LogP contribution < -0.4 is 29.2 Å². The Morgan fingerprint density at radius 3 is 2.69 bits per heavy atom. The Bertz CT molecular complexity index is 1320. The van der Waals surface area contributed by atoms with Gasteiger partial charge in [0.2, 0.25) is 18.6 Å². The highest BCUT2D eigenvalue weighted by Gasteiger charge is 2.36. The summed E-state index contributed by atoms with van der Waals surface area (Å²) in [7, 11) is 0. The molecule has 1 unspecified atom stereocenters. The summed E-state index contributed by atoms with van der Waals surface area (Å²) in [5.74, 6) is 2.00. The molecule has 10 heteroatoms. The molecule has 9 nitrogen and oxygen atoms in total. The first-order valence-corrected chi connectivity index (χ1v) is 12.2. The zero-order valence-electron chi connectivity index (χ0n) is 19.0. The predicted octanol–water partition coefficient (Wildman–Crippen LogP) is 3.53. The lowest BCUT2D eigenvalue weighted by Gasteiger charge is -2.22. The molecule has 6 rings (SSSR count). The van der Waals surface area contributed by atoms with Crippen LogP contribution >= 0.6 is 11.3 Å². The van der Waals surface area contributed by atoms with Crippen LogP contribution in [0.15, 0.2) is 36.4 Å². The molecule has 1 N–H and O–H groups in total. The topological polar surface area (TPSA) is 99.2 Å². The Hall–Kier alpha value is -3.79. The molecule has 3 aliphatic rings. The minimum absolute atomic E-state index is 0.0966. The second-order valence-corrected chi connectivity index (χ2v) is 9.70. The van der Waals surface area contributed by atoms with Gasteiger partial charge in [-0.15, -0.1) is 11.3 Å². The van der Waals surface area contributed by atoms with Crippen molar-refractivity contribution < 1.29 is 28.5 Å². The molecule has 2 aromatic carbocycles. The third-order valence-corrected chi connectivity index (χ3v) is 7.33. The predicted molar refractivity (Wildman–Crippen MR) is 129 cm³/mol. The van der Waals surface area contributed by atoms with Crippen LogP contribution in [-0.2, 0) is 16.0 Å². The highest BCUT2D eigenvalue weighted by Crippen LogP contribution is 2.37. The largest absolute Gasteiger partial charge is 0.486 e. The maximum absolute atomic E-state index is 13.0. The number of nitrogens with zero attached hydrogens (tertiary/aromatic N) is 2. The van der Waals surface area contributed by atoms with Crippen molar-refractivity contribution in [2.75, 3.05) is 36.8 Å². The lowest BCUT2D eigenvalue weighted by atomic mass is 10.1. The van der Waals surface area contributed by atoms with E-state index in [1.807, 2.05) is 31.2 Å². The lowest BCUT2D eigenvalue weighted by molar-refractivity contribution is -0.122. The van der Waals surface area contributed by atoms with E-state index in [9.17, 15) is 9.59 Å². The van der Waals surface area contributed by atoms with Crippen molar-refractivity contribution in [2.24, 2.45) is 5.92 Å². The third-order valence-electron chi connectivity index (χ3n) is 6.26. The van der Waals surface area contributed by atoms with E-state index in [2.05, 4.69) is 10.3 Å². The van der Waals surface area contributed by atoms with Gasteiger partial charge >= 0.3 is 0 Å². The number of thiazole rings is 1. The monoisotopic (exact) mass is 493 g/mol. The molecule has 4 heterocycles. The van der Waals surface area contributed by atoms with E-state index in [1.54, 1.807) is 17.0 Å². The quantitative estimate of drug-likeness (QED) is 0.581. The SMILES string of the molecule is Cc1nc(NC(=O)C2CC(=O)N(c3ccc4c(c3)OCCO4)C2)sc1Cc1ccc2c(c1)OCO2. The molecular weight excluding hydrogens is 470 g/mol. The van der Waals surface area contributed by atoms with Crippen molar-refractivity contribution in [3.63, 3.8) is 0 Å². The number of anilines is 2. The fourth-order valence-electron chi connectivity index (χ4n) is 4.42. The molecule has 1 fully saturated rings. The Morgan fingerprint density at radius 2 is 1.80 bits per heavy atom. The molecule has 35 heavy (non-hydrogen) atoms. The molecule has 3 aliphatic heterocycles. The number of carbonyl (C=O) groups excluding carboxylic acids is 2. The van der Waals surface area contributed by atoms with Gasteiger partial charge in [-0.2, -0.15) is 0 Å². The van der Waals surface area contributed by atoms with E-state index < -0.39 is 5.92 Å². The Balaban J connectivity index is 1.11. The minimum Gasteiger partial charge on any atom is -0.486 e. The maximum Gasteiger partial charge on any atom is 0.231 e. The van der Waals surface area contributed by atoms with Crippen molar-refractivity contribution in [1.82, 2.24) is 4.98 Å². The van der Waals surface area contributed by atoms with Crippen LogP contribution in [0, 0.1) is 12.8 Å². The summed E-state index contributed by atoms with van der Waals surface area (Å²) in [6.07, 6.45) is 0.824. The van der Waals surface area contributed by atoms with Gasteiger partial charge in [0.05, 0.1) is 11.6 Å². The second kappa shape index (κ2) is 8.77. The molecule has 1 saturated heterocycles. The number of aromatic nitrogens is 1. The van der Waals surface area contributed by atoms with Crippen LogP contribution in [0.5, 0.6) is 23.0 Å². The molecule has 0 saturated carbocycles. The van der Waals surface area contributed by atoms with Crippen LogP contribution in [0.25, 0.3) is 0 Å². The molecular formula is C25H23N3O6S. The highest BCUT2D eigenvalue weighted by molar-refractivity contribution is 7.15. The molecule has 1 aromatic heterocycles. The van der Waals surface area contributed by atoms with E-state index in [4.69, 9.17) is 18.9 Å². The smallest absolute Gasteiger partial charge is 0.231 e. The van der Waals surface area contributed by atoms with Crippen molar-refractivity contribution >= 4 is 34.0 Å². The number of amides is 2. The molecule has 0 bridgehead atoms. The number of benzene rings is 2. The van der Waals surface area contributed by atoms with Crippen LogP contribution in [-0.4, -0.2) is 43.3 Å². The van der Waals surface area contributed by atoms with E-state index in [1.165, 1.54) is 11.3 Å². The molecule has 180 valence electrons. The lowest BCUT2D eigenvalue weighted by Crippen LogP contribution is -2.28. The zero-order valence-corrected chi connectivity index (χ0v) is 19.9. The van der Waals surface area contributed by atoms with E-state index in [-0.39, 0.29) is 25.0 Å². The summed E-state index contributed by atoms with van der Waals surface area (Å²) < 4.78 is 22.0. The number of fused-ring (bicyclic) bond motifs is 2. The number of aryl methyl sites for hydroxylation is 1. The summed E-state index contributed by atoms with van der Waals surface area (Å²) in [4.78, 5) is 32.9. The number of hydrogen-bond donors (Lipinski definition) is 1. The van der Waals surface area contributed by atoms with E-state index in [0.717, 1.165) is 27.6 Å². The number of nitrogens with one attached hydrogen (secondary N) is 1. The summed E-state index contributed by atoms with van der Waals surface area (Å²) in [5.41, 5.74) is 2.64.